The van der Waals surface area contributed by atoms with Crippen LogP contribution in [0, 0.1) is 11.6 Å². The Morgan fingerprint density at radius 2 is 2.17 bits per heavy atom. The third-order valence-electron chi connectivity index (χ3n) is 2.90. The minimum absolute atomic E-state index is 0.142. The van der Waals surface area contributed by atoms with E-state index in [1.54, 1.807) is 0 Å². The van der Waals surface area contributed by atoms with E-state index >= 15 is 0 Å². The van der Waals surface area contributed by atoms with Crippen molar-refractivity contribution < 1.29 is 13.6 Å². The van der Waals surface area contributed by atoms with Gasteiger partial charge in [-0.2, -0.15) is 0 Å². The fourth-order valence-electron chi connectivity index (χ4n) is 1.97. The molecule has 1 fully saturated rings. The molecule has 3 nitrogen and oxygen atoms in total. The van der Waals surface area contributed by atoms with Crippen molar-refractivity contribution in [1.82, 2.24) is 10.2 Å². The summed E-state index contributed by atoms with van der Waals surface area (Å²) >= 11 is 5.45. The van der Waals surface area contributed by atoms with Crippen LogP contribution in [0.5, 0.6) is 0 Å². The van der Waals surface area contributed by atoms with Gasteiger partial charge in [-0.15, -0.1) is 0 Å². The Kier molecular flexibility index (Phi) is 3.82. The molecule has 1 N–H and O–H groups in total. The number of hydrogen-bond donors (Lipinski definition) is 1. The van der Waals surface area contributed by atoms with Crippen LogP contribution >= 0.6 is 11.6 Å². The van der Waals surface area contributed by atoms with Crippen molar-refractivity contribution in [3.05, 3.63) is 34.4 Å². The number of benzene rings is 1. The number of carbonyl (C=O) groups is 1. The van der Waals surface area contributed by atoms with Gasteiger partial charge in [0, 0.05) is 25.7 Å². The van der Waals surface area contributed by atoms with Crippen LogP contribution in [0.4, 0.5) is 8.78 Å². The molecule has 0 spiro atoms. The first-order chi connectivity index (χ1) is 8.49. The molecular weight excluding hydrogens is 262 g/mol. The normalized spacial score (nSPS) is 20.0. The SMILES string of the molecule is C[C@@H]1CN(C(=O)c2cc(F)c(Cl)cc2F)CCN1. The van der Waals surface area contributed by atoms with Crippen molar-refractivity contribution in [1.29, 1.82) is 0 Å². The molecule has 1 heterocycles. The Balaban J connectivity index is 2.25. The zero-order valence-corrected chi connectivity index (χ0v) is 10.6. The van der Waals surface area contributed by atoms with E-state index in [9.17, 15) is 13.6 Å². The average Bonchev–Trinajstić information content (AvgIpc) is 2.33. The molecule has 0 aromatic heterocycles. The number of carbonyl (C=O) groups excluding carboxylic acids is 1. The number of rotatable bonds is 1. The predicted octanol–water partition coefficient (Wildman–Crippen LogP) is 2.05. The first kappa shape index (κ1) is 13.2. The molecule has 0 unspecified atom stereocenters. The lowest BCUT2D eigenvalue weighted by Crippen LogP contribution is -2.51. The monoisotopic (exact) mass is 274 g/mol. The molecule has 1 aromatic rings. The Morgan fingerprint density at radius 1 is 1.44 bits per heavy atom. The van der Waals surface area contributed by atoms with Gasteiger partial charge < -0.3 is 10.2 Å². The molecule has 0 aliphatic carbocycles. The molecule has 18 heavy (non-hydrogen) atoms. The van der Waals surface area contributed by atoms with Crippen LogP contribution in [0.2, 0.25) is 5.02 Å². The molecule has 0 bridgehead atoms. The summed E-state index contributed by atoms with van der Waals surface area (Å²) in [5.41, 5.74) is -0.272. The minimum atomic E-state index is -0.794. The molecule has 2 rings (SSSR count). The fourth-order valence-corrected chi connectivity index (χ4v) is 2.12. The molecule has 1 aromatic carbocycles. The molecule has 0 radical (unpaired) electrons. The highest BCUT2D eigenvalue weighted by molar-refractivity contribution is 6.30. The van der Waals surface area contributed by atoms with Gasteiger partial charge in [-0.1, -0.05) is 11.6 Å². The van der Waals surface area contributed by atoms with E-state index in [0.717, 1.165) is 12.1 Å². The second-order valence-electron chi connectivity index (χ2n) is 4.35. The number of piperazine rings is 1. The standard InChI is InChI=1S/C12H13ClF2N2O/c1-7-6-17(3-2-16-7)12(18)8-4-11(15)9(13)5-10(8)14/h4-5,7,16H,2-3,6H2,1H3/t7-/m1/s1. The van der Waals surface area contributed by atoms with Crippen LogP contribution in [-0.2, 0) is 0 Å². The van der Waals surface area contributed by atoms with E-state index in [0.29, 0.717) is 19.6 Å². The Hall–Kier alpha value is -1.20. The van der Waals surface area contributed by atoms with Crippen molar-refractivity contribution in [3.63, 3.8) is 0 Å². The fraction of sp³-hybridized carbons (Fsp3) is 0.417. The number of amides is 1. The third kappa shape index (κ3) is 2.62. The lowest BCUT2D eigenvalue weighted by molar-refractivity contribution is 0.0704. The molecule has 6 heteroatoms. The second kappa shape index (κ2) is 5.20. The second-order valence-corrected chi connectivity index (χ2v) is 4.76. The summed E-state index contributed by atoms with van der Waals surface area (Å²) in [6.07, 6.45) is 0. The highest BCUT2D eigenvalue weighted by Gasteiger charge is 2.24. The summed E-state index contributed by atoms with van der Waals surface area (Å²) in [4.78, 5) is 13.6. The van der Waals surface area contributed by atoms with Crippen molar-refractivity contribution in [2.75, 3.05) is 19.6 Å². The maximum absolute atomic E-state index is 13.6. The first-order valence-electron chi connectivity index (χ1n) is 5.66. The number of nitrogens with zero attached hydrogens (tertiary/aromatic N) is 1. The Labute approximate surface area is 109 Å². The maximum atomic E-state index is 13.6. The van der Waals surface area contributed by atoms with Crippen molar-refractivity contribution in [3.8, 4) is 0 Å². The van der Waals surface area contributed by atoms with Gasteiger partial charge in [-0.3, -0.25) is 4.79 Å². The quantitative estimate of drug-likeness (QED) is 0.795. The molecule has 0 saturated carbocycles. The Morgan fingerprint density at radius 3 is 2.83 bits per heavy atom. The van der Waals surface area contributed by atoms with Gasteiger partial charge in [0.1, 0.15) is 11.6 Å². The van der Waals surface area contributed by atoms with Gasteiger partial charge in [0.05, 0.1) is 10.6 Å². The zero-order chi connectivity index (χ0) is 13.3. The van der Waals surface area contributed by atoms with Crippen molar-refractivity contribution in [2.24, 2.45) is 0 Å². The van der Waals surface area contributed by atoms with E-state index in [2.05, 4.69) is 5.32 Å². The highest BCUT2D eigenvalue weighted by Crippen LogP contribution is 2.20. The summed E-state index contributed by atoms with van der Waals surface area (Å²) in [5.74, 6) is -2.08. The smallest absolute Gasteiger partial charge is 0.257 e. The van der Waals surface area contributed by atoms with E-state index in [4.69, 9.17) is 11.6 Å². The van der Waals surface area contributed by atoms with E-state index in [1.807, 2.05) is 6.92 Å². The number of hydrogen-bond acceptors (Lipinski definition) is 2. The van der Waals surface area contributed by atoms with Crippen LogP contribution in [0.1, 0.15) is 17.3 Å². The highest BCUT2D eigenvalue weighted by atomic mass is 35.5. The minimum Gasteiger partial charge on any atom is -0.336 e. The summed E-state index contributed by atoms with van der Waals surface area (Å²) in [5, 5.41) is 2.85. The lowest BCUT2D eigenvalue weighted by Gasteiger charge is -2.32. The van der Waals surface area contributed by atoms with Crippen LogP contribution in [-0.4, -0.2) is 36.5 Å². The predicted molar refractivity (Wildman–Crippen MR) is 64.7 cm³/mol. The number of nitrogens with one attached hydrogen (secondary N) is 1. The first-order valence-corrected chi connectivity index (χ1v) is 6.04. The Bertz CT molecular complexity index is 481. The zero-order valence-electron chi connectivity index (χ0n) is 9.84. The van der Waals surface area contributed by atoms with Crippen LogP contribution in [0.25, 0.3) is 0 Å². The van der Waals surface area contributed by atoms with E-state index < -0.39 is 17.5 Å². The van der Waals surface area contributed by atoms with Gasteiger partial charge in [0.25, 0.3) is 5.91 Å². The summed E-state index contributed by atoms with van der Waals surface area (Å²) in [7, 11) is 0. The van der Waals surface area contributed by atoms with Gasteiger partial charge in [0.2, 0.25) is 0 Å². The molecule has 1 saturated heterocycles. The topological polar surface area (TPSA) is 32.3 Å². The van der Waals surface area contributed by atoms with Gasteiger partial charge in [0.15, 0.2) is 0 Å². The number of halogens is 3. The molecule has 1 aliphatic heterocycles. The summed E-state index contributed by atoms with van der Waals surface area (Å²) < 4.78 is 26.9. The molecule has 1 atom stereocenters. The molecule has 1 aliphatic rings. The third-order valence-corrected chi connectivity index (χ3v) is 3.19. The maximum Gasteiger partial charge on any atom is 0.257 e. The summed E-state index contributed by atoms with van der Waals surface area (Å²) in [6.45, 7) is 3.53. The van der Waals surface area contributed by atoms with Crippen LogP contribution in [0.15, 0.2) is 12.1 Å². The molecule has 1 amide bonds. The molecule has 98 valence electrons. The van der Waals surface area contributed by atoms with E-state index in [-0.39, 0.29) is 16.6 Å². The van der Waals surface area contributed by atoms with Crippen molar-refractivity contribution >= 4 is 17.5 Å². The molecular formula is C12H13ClF2N2O. The largest absolute Gasteiger partial charge is 0.336 e. The summed E-state index contributed by atoms with van der Waals surface area (Å²) in [6, 6.07) is 1.82. The average molecular weight is 275 g/mol. The van der Waals surface area contributed by atoms with Gasteiger partial charge >= 0.3 is 0 Å². The van der Waals surface area contributed by atoms with E-state index in [1.165, 1.54) is 4.90 Å². The van der Waals surface area contributed by atoms with Crippen molar-refractivity contribution in [2.45, 2.75) is 13.0 Å². The van der Waals surface area contributed by atoms with Gasteiger partial charge in [-0.25, -0.2) is 8.78 Å². The van der Waals surface area contributed by atoms with Crippen LogP contribution in [0.3, 0.4) is 0 Å². The van der Waals surface area contributed by atoms with Crippen LogP contribution < -0.4 is 5.32 Å². The lowest BCUT2D eigenvalue weighted by atomic mass is 10.1. The van der Waals surface area contributed by atoms with Gasteiger partial charge in [-0.05, 0) is 19.1 Å².